The number of carbonyl (C=O) groups is 2. The highest BCUT2D eigenvalue weighted by atomic mass is 32.2. The lowest BCUT2D eigenvalue weighted by Gasteiger charge is -2.12. The zero-order valence-electron chi connectivity index (χ0n) is 18.7. The van der Waals surface area contributed by atoms with Crippen LogP contribution < -0.4 is 15.4 Å². The molecule has 0 saturated heterocycles. The Morgan fingerprint density at radius 2 is 1.91 bits per heavy atom. The van der Waals surface area contributed by atoms with Gasteiger partial charge in [0, 0.05) is 24.3 Å². The largest absolute Gasteiger partial charge is 0.467 e. The quantitative estimate of drug-likeness (QED) is 0.387. The summed E-state index contributed by atoms with van der Waals surface area (Å²) in [7, 11) is -3.82. The van der Waals surface area contributed by atoms with E-state index in [1.54, 1.807) is 48.7 Å². The minimum absolute atomic E-state index is 0.0153. The maximum Gasteiger partial charge on any atom is 0.340 e. The summed E-state index contributed by atoms with van der Waals surface area (Å²) in [4.78, 5) is 29.0. The van der Waals surface area contributed by atoms with Crippen molar-refractivity contribution in [2.24, 2.45) is 4.99 Å². The van der Waals surface area contributed by atoms with Crippen molar-refractivity contribution in [3.8, 4) is 0 Å². The molecule has 0 aliphatic carbocycles. The Hall–Kier alpha value is -4.12. The van der Waals surface area contributed by atoms with Gasteiger partial charge in [-0.2, -0.15) is 0 Å². The Kier molecular flexibility index (Phi) is 7.46. The van der Waals surface area contributed by atoms with Gasteiger partial charge >= 0.3 is 5.97 Å². The van der Waals surface area contributed by atoms with Crippen LogP contribution in [0.15, 0.2) is 81.2 Å². The molecule has 0 atom stereocenters. The second-order valence-electron chi connectivity index (χ2n) is 7.67. The van der Waals surface area contributed by atoms with Gasteiger partial charge in [0.15, 0.2) is 6.61 Å². The first kappa shape index (κ1) is 24.0. The molecule has 182 valence electrons. The Morgan fingerprint density at radius 3 is 2.69 bits per heavy atom. The van der Waals surface area contributed by atoms with Crippen molar-refractivity contribution in [1.82, 2.24) is 4.72 Å². The van der Waals surface area contributed by atoms with E-state index in [1.807, 2.05) is 0 Å². The zero-order valence-corrected chi connectivity index (χ0v) is 19.5. The van der Waals surface area contributed by atoms with Gasteiger partial charge in [-0.15, -0.1) is 0 Å². The molecule has 2 aromatic carbocycles. The number of rotatable bonds is 9. The summed E-state index contributed by atoms with van der Waals surface area (Å²) in [6.07, 6.45) is 2.93. The van der Waals surface area contributed by atoms with Crippen LogP contribution >= 0.6 is 0 Å². The molecule has 0 fully saturated rings. The van der Waals surface area contributed by atoms with Crippen LogP contribution in [0.25, 0.3) is 0 Å². The Balaban J connectivity index is 1.33. The van der Waals surface area contributed by atoms with E-state index in [0.29, 0.717) is 36.8 Å². The van der Waals surface area contributed by atoms with Crippen molar-refractivity contribution < 1.29 is 27.2 Å². The molecule has 0 spiro atoms. The van der Waals surface area contributed by atoms with Gasteiger partial charge in [0.2, 0.25) is 0 Å². The molecule has 1 aromatic heterocycles. The van der Waals surface area contributed by atoms with Gasteiger partial charge in [-0.1, -0.05) is 18.2 Å². The summed E-state index contributed by atoms with van der Waals surface area (Å²) >= 11 is 0. The molecule has 1 amide bonds. The van der Waals surface area contributed by atoms with Crippen LogP contribution in [0.1, 0.15) is 29.0 Å². The van der Waals surface area contributed by atoms with E-state index in [9.17, 15) is 18.0 Å². The minimum Gasteiger partial charge on any atom is -0.467 e. The van der Waals surface area contributed by atoms with E-state index in [-0.39, 0.29) is 16.1 Å². The molecule has 1 aliphatic heterocycles. The molecule has 3 N–H and O–H groups in total. The number of amides is 1. The zero-order chi connectivity index (χ0) is 24.7. The predicted molar refractivity (Wildman–Crippen MR) is 130 cm³/mol. The Morgan fingerprint density at radius 1 is 1.06 bits per heavy atom. The molecule has 2 heterocycles. The first-order valence-corrected chi connectivity index (χ1v) is 12.4. The molecular formula is C24H24N4O6S. The van der Waals surface area contributed by atoms with E-state index in [0.717, 1.165) is 6.42 Å². The van der Waals surface area contributed by atoms with E-state index in [1.165, 1.54) is 18.2 Å². The van der Waals surface area contributed by atoms with Crippen LogP contribution in [0.4, 0.5) is 11.4 Å². The second-order valence-corrected chi connectivity index (χ2v) is 9.35. The number of nitrogens with one attached hydrogen (secondary N) is 3. The maximum atomic E-state index is 12.6. The number of aliphatic imine (C=N–C) groups is 1. The standard InChI is InChI=1S/C24H24N4O6S/c29-23(27-17-6-3-8-19(14-17)35(31,32)28-22-11-4-12-25-22)16-34-24(30)20-9-1-2-10-21(20)26-15-18-7-5-13-33-18/h1-3,5-10,13-14,26H,4,11-12,15-16H2,(H,25,28)(H,27,29). The fraction of sp³-hybridized carbons (Fsp3) is 0.208. The molecule has 0 radical (unpaired) electrons. The van der Waals surface area contributed by atoms with Gasteiger partial charge in [0.1, 0.15) is 11.6 Å². The number of para-hydroxylation sites is 1. The van der Waals surface area contributed by atoms with Gasteiger partial charge in [0.25, 0.3) is 15.9 Å². The number of benzene rings is 2. The third kappa shape index (κ3) is 6.48. The number of sulfonamides is 1. The second kappa shape index (κ2) is 10.9. The number of carbonyl (C=O) groups excluding carboxylic acids is 2. The van der Waals surface area contributed by atoms with Crippen LogP contribution in [0.5, 0.6) is 0 Å². The topological polar surface area (TPSA) is 139 Å². The van der Waals surface area contributed by atoms with Crippen molar-refractivity contribution in [1.29, 1.82) is 0 Å². The molecular weight excluding hydrogens is 472 g/mol. The maximum absolute atomic E-state index is 12.6. The molecule has 4 rings (SSSR count). The lowest BCUT2D eigenvalue weighted by molar-refractivity contribution is -0.119. The van der Waals surface area contributed by atoms with Crippen molar-refractivity contribution >= 4 is 39.1 Å². The van der Waals surface area contributed by atoms with Crippen molar-refractivity contribution in [3.05, 3.63) is 78.3 Å². The SMILES string of the molecule is O=C(COC(=O)c1ccccc1NCc1ccco1)Nc1cccc(S(=O)(=O)NC2=NCCC2)c1. The van der Waals surface area contributed by atoms with Crippen LogP contribution in [0.3, 0.4) is 0 Å². The number of anilines is 2. The Labute approximate surface area is 202 Å². The van der Waals surface area contributed by atoms with E-state index in [4.69, 9.17) is 9.15 Å². The smallest absolute Gasteiger partial charge is 0.340 e. The highest BCUT2D eigenvalue weighted by Crippen LogP contribution is 2.19. The van der Waals surface area contributed by atoms with Crippen molar-refractivity contribution in [2.45, 2.75) is 24.3 Å². The van der Waals surface area contributed by atoms with E-state index < -0.39 is 28.5 Å². The number of nitrogens with zero attached hydrogens (tertiary/aromatic N) is 1. The third-order valence-electron chi connectivity index (χ3n) is 5.07. The summed E-state index contributed by atoms with van der Waals surface area (Å²) < 4.78 is 38.0. The summed E-state index contributed by atoms with van der Waals surface area (Å²) in [5.41, 5.74) is 1.05. The normalized spacial score (nSPS) is 13.1. The van der Waals surface area contributed by atoms with E-state index in [2.05, 4.69) is 20.3 Å². The fourth-order valence-corrected chi connectivity index (χ4v) is 4.53. The molecule has 11 heteroatoms. The first-order chi connectivity index (χ1) is 16.9. The molecule has 0 saturated carbocycles. The number of esters is 1. The fourth-order valence-electron chi connectivity index (χ4n) is 3.39. The average Bonchev–Trinajstić information content (AvgIpc) is 3.56. The van der Waals surface area contributed by atoms with E-state index >= 15 is 0 Å². The van der Waals surface area contributed by atoms with Crippen LogP contribution in [0.2, 0.25) is 0 Å². The molecule has 1 aliphatic rings. The first-order valence-electron chi connectivity index (χ1n) is 10.9. The number of hydrogen-bond acceptors (Lipinski definition) is 8. The van der Waals surface area contributed by atoms with Gasteiger partial charge in [-0.25, -0.2) is 13.2 Å². The summed E-state index contributed by atoms with van der Waals surface area (Å²) in [6, 6.07) is 16.1. The summed E-state index contributed by atoms with van der Waals surface area (Å²) in [6.45, 7) is 0.424. The lowest BCUT2D eigenvalue weighted by atomic mass is 10.2. The van der Waals surface area contributed by atoms with Crippen molar-refractivity contribution in [3.63, 3.8) is 0 Å². The van der Waals surface area contributed by atoms with Crippen LogP contribution in [-0.2, 0) is 26.1 Å². The minimum atomic E-state index is -3.82. The molecule has 0 unspecified atom stereocenters. The predicted octanol–water partition coefficient (Wildman–Crippen LogP) is 3.16. The Bertz CT molecular complexity index is 1340. The van der Waals surface area contributed by atoms with Gasteiger partial charge in [-0.05, 0) is 48.9 Å². The number of amidine groups is 1. The molecule has 3 aromatic rings. The van der Waals surface area contributed by atoms with Crippen LogP contribution in [-0.4, -0.2) is 39.3 Å². The highest BCUT2D eigenvalue weighted by molar-refractivity contribution is 7.90. The van der Waals surface area contributed by atoms with Gasteiger partial charge in [-0.3, -0.25) is 14.5 Å². The number of hydrogen-bond donors (Lipinski definition) is 3. The number of furan rings is 1. The molecule has 10 nitrogen and oxygen atoms in total. The highest BCUT2D eigenvalue weighted by Gasteiger charge is 2.19. The lowest BCUT2D eigenvalue weighted by Crippen LogP contribution is -2.29. The summed E-state index contributed by atoms with van der Waals surface area (Å²) in [5.74, 6) is -0.170. The number of ether oxygens (including phenoxy) is 1. The molecule has 35 heavy (non-hydrogen) atoms. The molecule has 0 bridgehead atoms. The van der Waals surface area contributed by atoms with Crippen LogP contribution in [0, 0.1) is 0 Å². The van der Waals surface area contributed by atoms with Crippen molar-refractivity contribution in [2.75, 3.05) is 23.8 Å². The average molecular weight is 497 g/mol. The monoisotopic (exact) mass is 496 g/mol. The van der Waals surface area contributed by atoms with Gasteiger partial charge in [0.05, 0.1) is 23.3 Å². The summed E-state index contributed by atoms with van der Waals surface area (Å²) in [5, 5.41) is 5.65. The third-order valence-corrected chi connectivity index (χ3v) is 6.45. The van der Waals surface area contributed by atoms with Gasteiger partial charge < -0.3 is 19.8 Å².